The Kier molecular flexibility index (Phi) is 5.90. The molecule has 0 fully saturated rings. The smallest absolute Gasteiger partial charge is 0.282 e. The van der Waals surface area contributed by atoms with Crippen molar-refractivity contribution in [1.29, 1.82) is 0 Å². The maximum atomic E-state index is 13.4. The van der Waals surface area contributed by atoms with Crippen LogP contribution in [0.4, 0.5) is 0 Å². The lowest BCUT2D eigenvalue weighted by Gasteiger charge is -2.10. The summed E-state index contributed by atoms with van der Waals surface area (Å²) in [6, 6.07) is 20.2. The van der Waals surface area contributed by atoms with Gasteiger partial charge >= 0.3 is 0 Å². The van der Waals surface area contributed by atoms with E-state index in [4.69, 9.17) is 18.9 Å². The molecule has 0 saturated heterocycles. The Morgan fingerprint density at radius 3 is 2.76 bits per heavy atom. The molecule has 5 aromatic rings. The van der Waals surface area contributed by atoms with Gasteiger partial charge in [-0.15, -0.1) is 0 Å². The molecule has 0 aliphatic rings. The van der Waals surface area contributed by atoms with Crippen LogP contribution in [0.5, 0.6) is 11.5 Å². The van der Waals surface area contributed by atoms with Crippen LogP contribution in [0.1, 0.15) is 12.5 Å². The van der Waals surface area contributed by atoms with Gasteiger partial charge in [-0.2, -0.15) is 9.78 Å². The van der Waals surface area contributed by atoms with Gasteiger partial charge in [-0.25, -0.2) is 4.98 Å². The lowest BCUT2D eigenvalue weighted by Crippen LogP contribution is -2.20. The highest BCUT2D eigenvalue weighted by atomic mass is 79.9. The lowest BCUT2D eigenvalue weighted by atomic mass is 10.2. The van der Waals surface area contributed by atoms with Crippen LogP contribution in [0.3, 0.4) is 0 Å². The number of benzene rings is 3. The number of aromatic nitrogens is 2. The molecule has 0 spiro atoms. The highest BCUT2D eigenvalue weighted by Gasteiger charge is 2.16. The second-order valence-corrected chi connectivity index (χ2v) is 8.37. The molecule has 0 radical (unpaired) electrons. The van der Waals surface area contributed by atoms with Crippen molar-refractivity contribution in [2.45, 2.75) is 6.92 Å². The van der Waals surface area contributed by atoms with Crippen LogP contribution in [0, 0.1) is 0 Å². The molecular weight excluding hydrogens is 498 g/mol. The SMILES string of the molecule is CCOc1ccc(C=Nn2c(-c3cc4cc(Br)ccc4o3)nc3ccccc3c2=O)cc1OC. The highest BCUT2D eigenvalue weighted by molar-refractivity contribution is 9.10. The Balaban J connectivity index is 1.66. The summed E-state index contributed by atoms with van der Waals surface area (Å²) in [5.41, 5.74) is 1.70. The van der Waals surface area contributed by atoms with Gasteiger partial charge in [0.1, 0.15) is 5.58 Å². The first-order valence-corrected chi connectivity index (χ1v) is 11.4. The normalized spacial score (nSPS) is 11.5. The molecule has 0 amide bonds. The fraction of sp³-hybridized carbons (Fsp3) is 0.115. The lowest BCUT2D eigenvalue weighted by molar-refractivity contribution is 0.311. The molecular formula is C26H20BrN3O4. The van der Waals surface area contributed by atoms with Crippen LogP contribution < -0.4 is 15.0 Å². The largest absolute Gasteiger partial charge is 0.493 e. The van der Waals surface area contributed by atoms with Crippen LogP contribution in [-0.4, -0.2) is 29.6 Å². The minimum atomic E-state index is -0.295. The number of rotatable bonds is 6. The number of furan rings is 1. The number of para-hydroxylation sites is 1. The summed E-state index contributed by atoms with van der Waals surface area (Å²) in [6.45, 7) is 2.44. The van der Waals surface area contributed by atoms with Crippen molar-refractivity contribution >= 4 is 44.0 Å². The second-order valence-electron chi connectivity index (χ2n) is 7.45. The van der Waals surface area contributed by atoms with E-state index in [0.29, 0.717) is 46.2 Å². The number of hydrogen-bond acceptors (Lipinski definition) is 6. The molecule has 2 aromatic heterocycles. The number of nitrogens with zero attached hydrogens (tertiary/aromatic N) is 3. The third kappa shape index (κ3) is 4.08. The topological polar surface area (TPSA) is 78.9 Å². The summed E-state index contributed by atoms with van der Waals surface area (Å²) >= 11 is 3.48. The van der Waals surface area contributed by atoms with Crippen molar-refractivity contribution in [2.24, 2.45) is 5.10 Å². The third-order valence-corrected chi connectivity index (χ3v) is 5.76. The summed E-state index contributed by atoms with van der Waals surface area (Å²) in [5, 5.41) is 5.84. The maximum Gasteiger partial charge on any atom is 0.282 e. The van der Waals surface area contributed by atoms with Gasteiger partial charge in [-0.05, 0) is 67.1 Å². The predicted molar refractivity (Wildman–Crippen MR) is 136 cm³/mol. The minimum Gasteiger partial charge on any atom is -0.493 e. The van der Waals surface area contributed by atoms with E-state index >= 15 is 0 Å². The molecule has 8 heteroatoms. The maximum absolute atomic E-state index is 13.4. The van der Waals surface area contributed by atoms with E-state index in [2.05, 4.69) is 21.0 Å². The molecule has 0 aliphatic heterocycles. The quantitative estimate of drug-likeness (QED) is 0.263. The zero-order valence-corrected chi connectivity index (χ0v) is 20.1. The minimum absolute atomic E-state index is 0.295. The molecule has 0 N–H and O–H groups in total. The van der Waals surface area contributed by atoms with Gasteiger partial charge in [-0.3, -0.25) is 4.79 Å². The Bertz CT molecular complexity index is 1600. The van der Waals surface area contributed by atoms with Gasteiger partial charge in [0.25, 0.3) is 5.56 Å². The fourth-order valence-electron chi connectivity index (χ4n) is 3.68. The van der Waals surface area contributed by atoms with E-state index < -0.39 is 0 Å². The van der Waals surface area contributed by atoms with Crippen molar-refractivity contribution in [3.63, 3.8) is 0 Å². The molecule has 0 aliphatic carbocycles. The molecule has 34 heavy (non-hydrogen) atoms. The van der Waals surface area contributed by atoms with Crippen molar-refractivity contribution in [2.75, 3.05) is 13.7 Å². The van der Waals surface area contributed by atoms with E-state index in [1.165, 1.54) is 4.68 Å². The summed E-state index contributed by atoms with van der Waals surface area (Å²) in [4.78, 5) is 18.1. The van der Waals surface area contributed by atoms with Gasteiger partial charge in [0.05, 0.1) is 30.8 Å². The summed E-state index contributed by atoms with van der Waals surface area (Å²) in [6.07, 6.45) is 1.58. The molecule has 2 heterocycles. The first-order valence-electron chi connectivity index (χ1n) is 10.6. The van der Waals surface area contributed by atoms with Crippen LogP contribution in [-0.2, 0) is 0 Å². The van der Waals surface area contributed by atoms with Crippen LogP contribution in [0.15, 0.2) is 85.5 Å². The van der Waals surface area contributed by atoms with Crippen LogP contribution in [0.25, 0.3) is 33.5 Å². The second kappa shape index (κ2) is 9.15. The number of fused-ring (bicyclic) bond motifs is 2. The van der Waals surface area contributed by atoms with E-state index in [1.807, 2.05) is 49.4 Å². The highest BCUT2D eigenvalue weighted by Crippen LogP contribution is 2.30. The zero-order valence-electron chi connectivity index (χ0n) is 18.5. The first kappa shape index (κ1) is 21.9. The molecule has 0 bridgehead atoms. The Labute approximate surface area is 203 Å². The Morgan fingerprint density at radius 2 is 1.94 bits per heavy atom. The van der Waals surface area contributed by atoms with E-state index in [-0.39, 0.29) is 5.56 Å². The molecule has 5 rings (SSSR count). The number of methoxy groups -OCH3 is 1. The van der Waals surface area contributed by atoms with E-state index in [1.54, 1.807) is 37.6 Å². The molecule has 3 aromatic carbocycles. The number of ether oxygens (including phenoxy) is 2. The van der Waals surface area contributed by atoms with Crippen molar-refractivity contribution < 1.29 is 13.9 Å². The standard InChI is InChI=1S/C26H20BrN3O4/c1-3-33-22-10-8-16(12-23(22)32-2)15-28-30-25(29-20-7-5-4-6-19(20)26(30)31)24-14-17-13-18(27)9-11-21(17)34-24/h4-15H,3H2,1-2H3. The molecule has 0 atom stereocenters. The van der Waals surface area contributed by atoms with Gasteiger partial charge in [-0.1, -0.05) is 28.1 Å². The van der Waals surface area contributed by atoms with E-state index in [0.717, 1.165) is 15.4 Å². The molecule has 0 saturated carbocycles. The predicted octanol–water partition coefficient (Wildman–Crippen LogP) is 5.86. The van der Waals surface area contributed by atoms with Gasteiger partial charge in [0.2, 0.25) is 5.82 Å². The monoisotopic (exact) mass is 517 g/mol. The number of hydrogen-bond donors (Lipinski definition) is 0. The number of halogens is 1. The Morgan fingerprint density at radius 1 is 1.09 bits per heavy atom. The van der Waals surface area contributed by atoms with Gasteiger partial charge in [0.15, 0.2) is 17.3 Å². The first-order chi connectivity index (χ1) is 16.6. The molecule has 7 nitrogen and oxygen atoms in total. The summed E-state index contributed by atoms with van der Waals surface area (Å²) in [5.74, 6) is 1.97. The summed E-state index contributed by atoms with van der Waals surface area (Å²) in [7, 11) is 1.58. The fourth-order valence-corrected chi connectivity index (χ4v) is 4.06. The van der Waals surface area contributed by atoms with Crippen molar-refractivity contribution in [1.82, 2.24) is 9.66 Å². The van der Waals surface area contributed by atoms with E-state index in [9.17, 15) is 4.79 Å². The average Bonchev–Trinajstić information content (AvgIpc) is 3.27. The third-order valence-electron chi connectivity index (χ3n) is 5.26. The average molecular weight is 518 g/mol. The molecule has 170 valence electrons. The van der Waals surface area contributed by atoms with Crippen molar-refractivity contribution in [3.05, 3.63) is 87.1 Å². The Hall–Kier alpha value is -3.91. The van der Waals surface area contributed by atoms with Gasteiger partial charge < -0.3 is 13.9 Å². The van der Waals surface area contributed by atoms with Crippen LogP contribution in [0.2, 0.25) is 0 Å². The van der Waals surface area contributed by atoms with Crippen molar-refractivity contribution in [3.8, 4) is 23.1 Å². The molecule has 0 unspecified atom stereocenters. The summed E-state index contributed by atoms with van der Waals surface area (Å²) < 4.78 is 19.2. The van der Waals surface area contributed by atoms with Gasteiger partial charge in [0, 0.05) is 9.86 Å². The van der Waals surface area contributed by atoms with Crippen LogP contribution >= 0.6 is 15.9 Å². The zero-order chi connectivity index (χ0) is 23.7.